The minimum absolute atomic E-state index is 0.940. The molecule has 1 N–H and O–H groups in total. The summed E-state index contributed by atoms with van der Waals surface area (Å²) in [5.41, 5.74) is 8.34. The van der Waals surface area contributed by atoms with Gasteiger partial charge in [-0.05, 0) is 44.4 Å². The first-order valence-electron chi connectivity index (χ1n) is 4.66. The molecule has 0 radical (unpaired) electrons. The van der Waals surface area contributed by atoms with Gasteiger partial charge < -0.3 is 5.32 Å². The van der Waals surface area contributed by atoms with E-state index in [1.54, 1.807) is 0 Å². The molecule has 0 bridgehead atoms. The highest BCUT2D eigenvalue weighted by Crippen LogP contribution is 2.15. The van der Waals surface area contributed by atoms with Gasteiger partial charge in [0, 0.05) is 6.54 Å². The zero-order valence-corrected chi connectivity index (χ0v) is 8.86. The third-order valence-corrected chi connectivity index (χ3v) is 2.25. The van der Waals surface area contributed by atoms with Crippen LogP contribution in [0.1, 0.15) is 27.7 Å². The average molecular weight is 175 g/mol. The molecule has 1 aliphatic heterocycles. The van der Waals surface area contributed by atoms with Crippen molar-refractivity contribution in [3.63, 3.8) is 0 Å². The Labute approximate surface area is 80.5 Å². The van der Waals surface area contributed by atoms with Crippen LogP contribution in [0.2, 0.25) is 0 Å². The van der Waals surface area contributed by atoms with Crippen LogP contribution in [0.15, 0.2) is 40.3 Å². The quantitative estimate of drug-likeness (QED) is 0.502. The van der Waals surface area contributed by atoms with Gasteiger partial charge in [-0.15, -0.1) is 0 Å². The number of allylic oxidation sites excluding steroid dienone is 3. The Morgan fingerprint density at radius 3 is 2.62 bits per heavy atom. The molecule has 0 fully saturated rings. The molecule has 0 saturated heterocycles. The molecule has 1 heterocycles. The molecule has 0 atom stereocenters. The van der Waals surface area contributed by atoms with Crippen molar-refractivity contribution in [2.24, 2.45) is 0 Å². The minimum Gasteiger partial charge on any atom is -0.374 e. The van der Waals surface area contributed by atoms with E-state index >= 15 is 0 Å². The van der Waals surface area contributed by atoms with Crippen molar-refractivity contribution < 1.29 is 0 Å². The molecule has 0 amide bonds. The molecule has 70 valence electrons. The van der Waals surface area contributed by atoms with Crippen LogP contribution in [0.5, 0.6) is 0 Å². The van der Waals surface area contributed by atoms with Gasteiger partial charge in [0.25, 0.3) is 0 Å². The maximum Gasteiger partial charge on any atom is 0.0808 e. The van der Waals surface area contributed by atoms with Gasteiger partial charge >= 0.3 is 0 Å². The molecule has 0 saturated carbocycles. The Balaban J connectivity index is 2.97. The Hall–Kier alpha value is -1.20. The van der Waals surface area contributed by atoms with Crippen LogP contribution in [-0.4, -0.2) is 6.54 Å². The van der Waals surface area contributed by atoms with E-state index in [9.17, 15) is 0 Å². The lowest BCUT2D eigenvalue weighted by Gasteiger charge is -2.05. The SMILES string of the molecule is C/C=C\C(C)=C(/C)C1=C=C(C)CN1. The summed E-state index contributed by atoms with van der Waals surface area (Å²) in [7, 11) is 0. The summed E-state index contributed by atoms with van der Waals surface area (Å²) in [5, 5.41) is 3.32. The monoisotopic (exact) mass is 175 g/mol. The number of rotatable bonds is 2. The van der Waals surface area contributed by atoms with Gasteiger partial charge in [0.1, 0.15) is 0 Å². The van der Waals surface area contributed by atoms with Crippen LogP contribution in [-0.2, 0) is 0 Å². The van der Waals surface area contributed by atoms with E-state index in [4.69, 9.17) is 0 Å². The predicted molar refractivity (Wildman–Crippen MR) is 57.4 cm³/mol. The smallest absolute Gasteiger partial charge is 0.0808 e. The van der Waals surface area contributed by atoms with E-state index in [1.807, 2.05) is 6.92 Å². The Bertz CT molecular complexity index is 323. The van der Waals surface area contributed by atoms with Gasteiger partial charge in [-0.2, -0.15) is 0 Å². The van der Waals surface area contributed by atoms with Crippen molar-refractivity contribution in [3.8, 4) is 0 Å². The van der Waals surface area contributed by atoms with Crippen LogP contribution in [0.25, 0.3) is 0 Å². The molecule has 0 aromatic carbocycles. The fourth-order valence-corrected chi connectivity index (χ4v) is 1.32. The Kier molecular flexibility index (Phi) is 3.16. The van der Waals surface area contributed by atoms with Gasteiger partial charge in [0.15, 0.2) is 0 Å². The highest BCUT2D eigenvalue weighted by Gasteiger charge is 2.06. The number of hydrogen-bond donors (Lipinski definition) is 1. The molecule has 1 aliphatic rings. The number of hydrogen-bond acceptors (Lipinski definition) is 1. The first-order chi connectivity index (χ1) is 6.15. The first-order valence-corrected chi connectivity index (χ1v) is 4.66. The summed E-state index contributed by atoms with van der Waals surface area (Å²) in [6.07, 6.45) is 4.18. The largest absolute Gasteiger partial charge is 0.374 e. The van der Waals surface area contributed by atoms with Gasteiger partial charge in [0.05, 0.1) is 5.70 Å². The van der Waals surface area contributed by atoms with Crippen LogP contribution >= 0.6 is 0 Å². The van der Waals surface area contributed by atoms with Crippen molar-refractivity contribution in [2.75, 3.05) is 6.54 Å². The molecule has 0 aliphatic carbocycles. The molecule has 13 heavy (non-hydrogen) atoms. The van der Waals surface area contributed by atoms with E-state index in [1.165, 1.54) is 16.7 Å². The molecule has 0 unspecified atom stereocenters. The summed E-state index contributed by atoms with van der Waals surface area (Å²) in [6.45, 7) is 9.32. The first kappa shape index (κ1) is 9.88. The molecular formula is C12H17N. The normalized spacial score (nSPS) is 18.2. The van der Waals surface area contributed by atoms with Crippen molar-refractivity contribution >= 4 is 0 Å². The lowest BCUT2D eigenvalue weighted by Crippen LogP contribution is -2.10. The summed E-state index contributed by atoms with van der Waals surface area (Å²) in [5.74, 6) is 0. The van der Waals surface area contributed by atoms with Crippen LogP contribution in [0.3, 0.4) is 0 Å². The maximum atomic E-state index is 3.32. The van der Waals surface area contributed by atoms with Crippen LogP contribution in [0.4, 0.5) is 0 Å². The molecule has 0 aromatic rings. The van der Waals surface area contributed by atoms with Gasteiger partial charge in [-0.25, -0.2) is 0 Å². The molecular weight excluding hydrogens is 158 g/mol. The predicted octanol–water partition coefficient (Wildman–Crippen LogP) is 2.93. The van der Waals surface area contributed by atoms with E-state index < -0.39 is 0 Å². The van der Waals surface area contributed by atoms with Crippen molar-refractivity contribution in [1.82, 2.24) is 5.32 Å². The number of nitrogens with one attached hydrogen (secondary N) is 1. The molecule has 0 aromatic heterocycles. The summed E-state index contributed by atoms with van der Waals surface area (Å²) in [4.78, 5) is 0. The Morgan fingerprint density at radius 2 is 2.15 bits per heavy atom. The lowest BCUT2D eigenvalue weighted by molar-refractivity contribution is 0.916. The summed E-state index contributed by atoms with van der Waals surface area (Å²) >= 11 is 0. The minimum atomic E-state index is 0.940. The van der Waals surface area contributed by atoms with Crippen molar-refractivity contribution in [2.45, 2.75) is 27.7 Å². The second kappa shape index (κ2) is 4.15. The van der Waals surface area contributed by atoms with E-state index in [2.05, 4.69) is 44.0 Å². The topological polar surface area (TPSA) is 12.0 Å². The molecule has 0 spiro atoms. The molecule has 1 rings (SSSR count). The Morgan fingerprint density at radius 1 is 1.46 bits per heavy atom. The highest BCUT2D eigenvalue weighted by atomic mass is 14.9. The fourth-order valence-electron chi connectivity index (χ4n) is 1.32. The van der Waals surface area contributed by atoms with Crippen LogP contribution in [0, 0.1) is 0 Å². The summed E-state index contributed by atoms with van der Waals surface area (Å²) in [6, 6.07) is 0. The van der Waals surface area contributed by atoms with Crippen molar-refractivity contribution in [3.05, 3.63) is 40.3 Å². The van der Waals surface area contributed by atoms with E-state index in [0.29, 0.717) is 0 Å². The zero-order chi connectivity index (χ0) is 9.84. The second-order valence-corrected chi connectivity index (χ2v) is 3.44. The standard InChI is InChI=1S/C12H17N/c1-5-6-10(3)11(4)12-7-9(2)8-13-12/h5-6,13H,8H2,1-4H3/b6-5-,11-10+. The van der Waals surface area contributed by atoms with Gasteiger partial charge in [0.2, 0.25) is 0 Å². The third kappa shape index (κ3) is 2.37. The second-order valence-electron chi connectivity index (χ2n) is 3.44. The van der Waals surface area contributed by atoms with Crippen molar-refractivity contribution in [1.29, 1.82) is 0 Å². The third-order valence-electron chi connectivity index (χ3n) is 2.25. The zero-order valence-electron chi connectivity index (χ0n) is 8.86. The van der Waals surface area contributed by atoms with E-state index in [0.717, 1.165) is 12.2 Å². The van der Waals surface area contributed by atoms with E-state index in [-0.39, 0.29) is 0 Å². The summed E-state index contributed by atoms with van der Waals surface area (Å²) < 4.78 is 0. The van der Waals surface area contributed by atoms with Crippen LogP contribution < -0.4 is 5.32 Å². The van der Waals surface area contributed by atoms with Gasteiger partial charge in [-0.3, -0.25) is 0 Å². The maximum absolute atomic E-state index is 3.32. The average Bonchev–Trinajstić information content (AvgIpc) is 2.51. The fraction of sp³-hybridized carbons (Fsp3) is 0.417. The van der Waals surface area contributed by atoms with Gasteiger partial charge in [-0.1, -0.05) is 17.9 Å². The lowest BCUT2D eigenvalue weighted by atomic mass is 10.1. The highest BCUT2D eigenvalue weighted by molar-refractivity contribution is 5.39. The molecule has 1 nitrogen and oxygen atoms in total. The molecule has 1 heteroatoms.